The lowest BCUT2D eigenvalue weighted by atomic mass is 10.2. The van der Waals surface area contributed by atoms with Crippen molar-refractivity contribution in [3.05, 3.63) is 82.9 Å². The fraction of sp³-hybridized carbons (Fsp3) is 0.0588. The van der Waals surface area contributed by atoms with Crippen LogP contribution < -0.4 is 5.32 Å². The molecule has 0 aliphatic carbocycles. The maximum Gasteiger partial charge on any atom is 0.255 e. The van der Waals surface area contributed by atoms with Crippen molar-refractivity contribution in [3.8, 4) is 0 Å². The van der Waals surface area contributed by atoms with Gasteiger partial charge >= 0.3 is 0 Å². The van der Waals surface area contributed by atoms with Gasteiger partial charge in [0.25, 0.3) is 5.91 Å². The highest BCUT2D eigenvalue weighted by atomic mass is 35.5. The summed E-state index contributed by atoms with van der Waals surface area (Å²) in [6.45, 7) is 0.425. The number of carbonyl (C=O) groups excluding carboxylic acids is 1. The van der Waals surface area contributed by atoms with Gasteiger partial charge in [-0.05, 0) is 42.0 Å². The Bertz CT molecular complexity index is 830. The molecule has 0 saturated heterocycles. The lowest BCUT2D eigenvalue weighted by molar-refractivity contribution is 0.102. The summed E-state index contributed by atoms with van der Waals surface area (Å²) in [5.74, 6) is -0.530. The summed E-state index contributed by atoms with van der Waals surface area (Å²) in [7, 11) is 0. The Labute approximate surface area is 137 Å². The van der Waals surface area contributed by atoms with E-state index >= 15 is 0 Å². The van der Waals surface area contributed by atoms with Gasteiger partial charge in [0, 0.05) is 16.8 Å². The number of nitrogens with zero attached hydrogens (tertiary/aromatic N) is 2. The van der Waals surface area contributed by atoms with Gasteiger partial charge in [-0.1, -0.05) is 23.7 Å². The molecule has 0 spiro atoms. The van der Waals surface area contributed by atoms with Crippen molar-refractivity contribution >= 4 is 23.2 Å². The second kappa shape index (κ2) is 6.62. The first-order valence-corrected chi connectivity index (χ1v) is 7.32. The third kappa shape index (κ3) is 3.96. The molecule has 0 unspecified atom stereocenters. The molecule has 2 aromatic carbocycles. The Morgan fingerprint density at radius 1 is 1.22 bits per heavy atom. The van der Waals surface area contributed by atoms with E-state index in [9.17, 15) is 9.18 Å². The van der Waals surface area contributed by atoms with E-state index in [0.29, 0.717) is 22.8 Å². The zero-order valence-electron chi connectivity index (χ0n) is 12.0. The van der Waals surface area contributed by atoms with Crippen LogP contribution in [0.3, 0.4) is 0 Å². The van der Waals surface area contributed by atoms with E-state index in [2.05, 4.69) is 10.4 Å². The minimum Gasteiger partial charge on any atom is -0.319 e. The molecule has 23 heavy (non-hydrogen) atoms. The van der Waals surface area contributed by atoms with E-state index in [0.717, 1.165) is 5.56 Å². The van der Waals surface area contributed by atoms with Crippen molar-refractivity contribution in [1.29, 1.82) is 0 Å². The van der Waals surface area contributed by atoms with Crippen molar-refractivity contribution < 1.29 is 9.18 Å². The minimum atomic E-state index is -0.286. The summed E-state index contributed by atoms with van der Waals surface area (Å²) < 4.78 is 14.8. The van der Waals surface area contributed by atoms with Crippen LogP contribution in [-0.2, 0) is 6.54 Å². The molecule has 3 rings (SSSR count). The zero-order chi connectivity index (χ0) is 16.2. The van der Waals surface area contributed by atoms with Gasteiger partial charge in [0.1, 0.15) is 5.82 Å². The number of hydrogen-bond donors (Lipinski definition) is 1. The van der Waals surface area contributed by atoms with Crippen LogP contribution in [0.5, 0.6) is 0 Å². The quantitative estimate of drug-likeness (QED) is 0.787. The lowest BCUT2D eigenvalue weighted by Gasteiger charge is -2.03. The van der Waals surface area contributed by atoms with Crippen molar-refractivity contribution in [2.45, 2.75) is 6.54 Å². The standard InChI is InChI=1S/C17H13ClFN3O/c18-14-6-4-13(5-7-14)17(23)21-16-9-20-22(11-16)10-12-2-1-3-15(19)8-12/h1-9,11H,10H2,(H,21,23). The van der Waals surface area contributed by atoms with Crippen LogP contribution in [0.4, 0.5) is 10.1 Å². The number of amides is 1. The molecular weight excluding hydrogens is 317 g/mol. The zero-order valence-corrected chi connectivity index (χ0v) is 12.8. The van der Waals surface area contributed by atoms with Crippen LogP contribution in [-0.4, -0.2) is 15.7 Å². The summed E-state index contributed by atoms with van der Waals surface area (Å²) in [6, 6.07) is 12.9. The van der Waals surface area contributed by atoms with Crippen LogP contribution >= 0.6 is 11.6 Å². The molecule has 1 heterocycles. The largest absolute Gasteiger partial charge is 0.319 e. The molecule has 0 saturated carbocycles. The van der Waals surface area contributed by atoms with Crippen LogP contribution in [0.2, 0.25) is 5.02 Å². The number of rotatable bonds is 4. The molecular formula is C17H13ClFN3O. The van der Waals surface area contributed by atoms with Gasteiger partial charge in [-0.2, -0.15) is 5.10 Å². The van der Waals surface area contributed by atoms with Gasteiger partial charge in [-0.3, -0.25) is 9.48 Å². The van der Waals surface area contributed by atoms with Gasteiger partial charge in [-0.15, -0.1) is 0 Å². The number of halogens is 2. The molecule has 1 aromatic heterocycles. The number of anilines is 1. The van der Waals surface area contributed by atoms with Crippen LogP contribution in [0.15, 0.2) is 60.9 Å². The lowest BCUT2D eigenvalue weighted by Crippen LogP contribution is -2.11. The summed E-state index contributed by atoms with van der Waals surface area (Å²) in [5, 5.41) is 7.49. The Morgan fingerprint density at radius 3 is 2.74 bits per heavy atom. The molecule has 0 fully saturated rings. The average Bonchev–Trinajstić information content (AvgIpc) is 2.95. The fourth-order valence-electron chi connectivity index (χ4n) is 2.14. The SMILES string of the molecule is O=C(Nc1cnn(Cc2cccc(F)c2)c1)c1ccc(Cl)cc1. The normalized spacial score (nSPS) is 10.5. The van der Waals surface area contributed by atoms with Crippen LogP contribution in [0.25, 0.3) is 0 Å². The molecule has 4 nitrogen and oxygen atoms in total. The van der Waals surface area contributed by atoms with E-state index in [4.69, 9.17) is 11.6 Å². The minimum absolute atomic E-state index is 0.244. The molecule has 0 aliphatic rings. The first kappa shape index (κ1) is 15.2. The summed E-state index contributed by atoms with van der Waals surface area (Å²) >= 11 is 5.80. The first-order valence-electron chi connectivity index (χ1n) is 6.94. The number of nitrogens with one attached hydrogen (secondary N) is 1. The van der Waals surface area contributed by atoms with E-state index in [-0.39, 0.29) is 11.7 Å². The fourth-order valence-corrected chi connectivity index (χ4v) is 2.27. The monoisotopic (exact) mass is 329 g/mol. The highest BCUT2D eigenvalue weighted by molar-refractivity contribution is 6.30. The van der Waals surface area contributed by atoms with E-state index in [1.54, 1.807) is 47.4 Å². The Kier molecular flexibility index (Phi) is 4.39. The maximum absolute atomic E-state index is 13.2. The molecule has 0 aliphatic heterocycles. The molecule has 1 N–H and O–H groups in total. The number of aromatic nitrogens is 2. The highest BCUT2D eigenvalue weighted by Gasteiger charge is 2.08. The summed E-state index contributed by atoms with van der Waals surface area (Å²) in [5.41, 5.74) is 1.87. The van der Waals surface area contributed by atoms with Crippen molar-refractivity contribution in [3.63, 3.8) is 0 Å². The first-order chi connectivity index (χ1) is 11.1. The van der Waals surface area contributed by atoms with Gasteiger partial charge in [0.15, 0.2) is 0 Å². The van der Waals surface area contributed by atoms with Crippen LogP contribution in [0, 0.1) is 5.82 Å². The molecule has 0 bridgehead atoms. The molecule has 0 atom stereocenters. The predicted molar refractivity (Wildman–Crippen MR) is 87.1 cm³/mol. The van der Waals surface area contributed by atoms with Gasteiger partial charge in [-0.25, -0.2) is 4.39 Å². The van der Waals surface area contributed by atoms with Crippen molar-refractivity contribution in [1.82, 2.24) is 9.78 Å². The third-order valence-electron chi connectivity index (χ3n) is 3.23. The Balaban J connectivity index is 1.67. The smallest absolute Gasteiger partial charge is 0.255 e. The molecule has 1 amide bonds. The van der Waals surface area contributed by atoms with Gasteiger partial charge in [0.2, 0.25) is 0 Å². The number of carbonyl (C=O) groups is 1. The number of benzene rings is 2. The molecule has 3 aromatic rings. The summed E-state index contributed by atoms with van der Waals surface area (Å²) in [4.78, 5) is 12.1. The topological polar surface area (TPSA) is 46.9 Å². The molecule has 6 heteroatoms. The second-order valence-electron chi connectivity index (χ2n) is 5.02. The predicted octanol–water partition coefficient (Wildman–Crippen LogP) is 3.98. The third-order valence-corrected chi connectivity index (χ3v) is 3.48. The maximum atomic E-state index is 13.2. The van der Waals surface area contributed by atoms with E-state index < -0.39 is 0 Å². The summed E-state index contributed by atoms with van der Waals surface area (Å²) in [6.07, 6.45) is 3.24. The van der Waals surface area contributed by atoms with Crippen molar-refractivity contribution in [2.75, 3.05) is 5.32 Å². The molecule has 0 radical (unpaired) electrons. The van der Waals surface area contributed by atoms with E-state index in [1.807, 2.05) is 6.07 Å². The Morgan fingerprint density at radius 2 is 2.00 bits per heavy atom. The van der Waals surface area contributed by atoms with Crippen molar-refractivity contribution in [2.24, 2.45) is 0 Å². The van der Waals surface area contributed by atoms with E-state index in [1.165, 1.54) is 12.1 Å². The van der Waals surface area contributed by atoms with Crippen LogP contribution in [0.1, 0.15) is 15.9 Å². The Hall–Kier alpha value is -2.66. The molecule has 116 valence electrons. The average molecular weight is 330 g/mol. The number of hydrogen-bond acceptors (Lipinski definition) is 2. The van der Waals surface area contributed by atoms with Gasteiger partial charge in [0.05, 0.1) is 18.4 Å². The highest BCUT2D eigenvalue weighted by Crippen LogP contribution is 2.13. The second-order valence-corrected chi connectivity index (χ2v) is 5.45. The van der Waals surface area contributed by atoms with Gasteiger partial charge < -0.3 is 5.32 Å².